The third-order valence-corrected chi connectivity index (χ3v) is 5.53. The van der Waals surface area contributed by atoms with Gasteiger partial charge in [0.1, 0.15) is 0 Å². The molecule has 8 nitrogen and oxygen atoms in total. The molecule has 0 radical (unpaired) electrons. The number of ether oxygens (including phenoxy) is 2. The molecule has 166 valence electrons. The molecule has 31 heavy (non-hydrogen) atoms. The molecule has 1 unspecified atom stereocenters. The van der Waals surface area contributed by atoms with Crippen molar-refractivity contribution >= 4 is 23.4 Å². The van der Waals surface area contributed by atoms with Crippen LogP contribution in [0.3, 0.4) is 0 Å². The van der Waals surface area contributed by atoms with Crippen molar-refractivity contribution in [2.45, 2.75) is 52.2 Å². The number of carbonyl (C=O) groups is 1. The number of carbonyl (C=O) groups excluding carboxylic acids is 1. The molecule has 0 fully saturated rings. The van der Waals surface area contributed by atoms with Crippen molar-refractivity contribution in [3.63, 3.8) is 0 Å². The van der Waals surface area contributed by atoms with Gasteiger partial charge in [0.05, 0.1) is 25.7 Å². The van der Waals surface area contributed by atoms with Crippen molar-refractivity contribution in [3.8, 4) is 11.5 Å². The first-order valence-corrected chi connectivity index (χ1v) is 11.6. The summed E-state index contributed by atoms with van der Waals surface area (Å²) in [5.41, 5.74) is 3.46. The minimum absolute atomic E-state index is 0.0862. The smallest absolute Gasteiger partial charge is 0.253 e. The van der Waals surface area contributed by atoms with Crippen LogP contribution in [0.25, 0.3) is 5.78 Å². The summed E-state index contributed by atoms with van der Waals surface area (Å²) in [4.78, 5) is 21.7. The van der Waals surface area contributed by atoms with Crippen molar-refractivity contribution < 1.29 is 14.3 Å². The Morgan fingerprint density at radius 2 is 1.87 bits per heavy atom. The van der Waals surface area contributed by atoms with Crippen LogP contribution >= 0.6 is 11.8 Å². The van der Waals surface area contributed by atoms with E-state index in [2.05, 4.69) is 20.4 Å². The van der Waals surface area contributed by atoms with Gasteiger partial charge in [0.25, 0.3) is 5.78 Å². The minimum Gasteiger partial charge on any atom is -0.490 e. The molecule has 1 amide bonds. The summed E-state index contributed by atoms with van der Waals surface area (Å²) in [6, 6.07) is 5.56. The topological polar surface area (TPSA) is 90.6 Å². The van der Waals surface area contributed by atoms with Crippen LogP contribution in [0.2, 0.25) is 0 Å². The zero-order valence-electron chi connectivity index (χ0n) is 18.9. The molecule has 1 N–H and O–H groups in total. The zero-order chi connectivity index (χ0) is 22.5. The Hall–Kier alpha value is -2.81. The summed E-state index contributed by atoms with van der Waals surface area (Å²) in [7, 11) is 0. The minimum atomic E-state index is -0.186. The molecule has 2 heterocycles. The number of benzene rings is 1. The van der Waals surface area contributed by atoms with E-state index in [-0.39, 0.29) is 18.4 Å². The van der Waals surface area contributed by atoms with Gasteiger partial charge < -0.3 is 14.8 Å². The Balaban J connectivity index is 1.77. The van der Waals surface area contributed by atoms with E-state index >= 15 is 0 Å². The van der Waals surface area contributed by atoms with Crippen LogP contribution in [0.15, 0.2) is 23.4 Å². The molecule has 0 saturated carbocycles. The Morgan fingerprint density at radius 3 is 2.55 bits per heavy atom. The van der Waals surface area contributed by atoms with Crippen LogP contribution in [-0.4, -0.2) is 45.0 Å². The lowest BCUT2D eigenvalue weighted by Crippen LogP contribution is -2.29. The Bertz CT molecular complexity index is 1080. The molecule has 0 spiro atoms. The van der Waals surface area contributed by atoms with Crippen LogP contribution in [0.5, 0.6) is 11.5 Å². The van der Waals surface area contributed by atoms with E-state index in [4.69, 9.17) is 9.47 Å². The van der Waals surface area contributed by atoms with Crippen molar-refractivity contribution in [1.29, 1.82) is 0 Å². The van der Waals surface area contributed by atoms with E-state index in [0.717, 1.165) is 22.5 Å². The quantitative estimate of drug-likeness (QED) is 0.505. The van der Waals surface area contributed by atoms with Gasteiger partial charge in [-0.3, -0.25) is 4.79 Å². The average Bonchev–Trinajstić information content (AvgIpc) is 3.16. The number of aromatic nitrogens is 4. The highest BCUT2D eigenvalue weighted by Gasteiger charge is 2.18. The fourth-order valence-corrected chi connectivity index (χ4v) is 3.74. The predicted molar refractivity (Wildman–Crippen MR) is 121 cm³/mol. The lowest BCUT2D eigenvalue weighted by atomic mass is 10.1. The van der Waals surface area contributed by atoms with Gasteiger partial charge in [0, 0.05) is 17.0 Å². The molecule has 1 atom stereocenters. The molecular formula is C22H29N5O3S. The molecule has 0 aliphatic rings. The van der Waals surface area contributed by atoms with E-state index in [9.17, 15) is 4.79 Å². The number of hydrogen-bond donors (Lipinski definition) is 1. The maximum absolute atomic E-state index is 12.8. The van der Waals surface area contributed by atoms with E-state index in [1.54, 1.807) is 4.52 Å². The van der Waals surface area contributed by atoms with Gasteiger partial charge in [0.15, 0.2) is 11.5 Å². The number of thioether (sulfide) groups is 1. The van der Waals surface area contributed by atoms with Crippen molar-refractivity contribution in [3.05, 3.63) is 40.7 Å². The molecule has 0 aliphatic carbocycles. The van der Waals surface area contributed by atoms with Crippen LogP contribution in [0.1, 0.15) is 49.3 Å². The van der Waals surface area contributed by atoms with Crippen molar-refractivity contribution in [1.82, 2.24) is 24.9 Å². The van der Waals surface area contributed by atoms with Gasteiger partial charge in [-0.1, -0.05) is 17.8 Å². The maximum atomic E-state index is 12.8. The molecule has 0 aliphatic heterocycles. The highest BCUT2D eigenvalue weighted by Crippen LogP contribution is 2.30. The molecule has 2 aromatic heterocycles. The van der Waals surface area contributed by atoms with Gasteiger partial charge in [-0.25, -0.2) is 9.50 Å². The van der Waals surface area contributed by atoms with E-state index < -0.39 is 0 Å². The molecule has 0 bridgehead atoms. The molecular weight excluding hydrogens is 414 g/mol. The zero-order valence-corrected chi connectivity index (χ0v) is 19.7. The summed E-state index contributed by atoms with van der Waals surface area (Å²) in [5, 5.41) is 8.18. The third-order valence-electron chi connectivity index (χ3n) is 4.99. The molecule has 1 aromatic carbocycles. The standard InChI is InChI=1S/C22H29N5O3S/c1-7-29-18-10-9-16(11-19(18)30-8-2)13(3)23-20(28)12-17-14(4)24-21-25-22(31-6)26-27(21)15(17)5/h9-11,13H,7-8,12H2,1-6H3,(H,23,28). The van der Waals surface area contributed by atoms with Gasteiger partial charge in [-0.05, 0) is 58.6 Å². The summed E-state index contributed by atoms with van der Waals surface area (Å²) in [6.45, 7) is 10.8. The second-order valence-electron chi connectivity index (χ2n) is 7.11. The largest absolute Gasteiger partial charge is 0.490 e. The highest BCUT2D eigenvalue weighted by molar-refractivity contribution is 7.98. The summed E-state index contributed by atoms with van der Waals surface area (Å²) in [5.74, 6) is 1.85. The van der Waals surface area contributed by atoms with Gasteiger partial charge in [0.2, 0.25) is 11.1 Å². The van der Waals surface area contributed by atoms with Gasteiger partial charge in [-0.15, -0.1) is 5.10 Å². The van der Waals surface area contributed by atoms with Crippen LogP contribution in [0, 0.1) is 13.8 Å². The fraction of sp³-hybridized carbons (Fsp3) is 0.455. The van der Waals surface area contributed by atoms with Crippen LogP contribution < -0.4 is 14.8 Å². The Kier molecular flexibility index (Phi) is 7.37. The Morgan fingerprint density at radius 1 is 1.16 bits per heavy atom. The molecule has 3 rings (SSSR count). The highest BCUT2D eigenvalue weighted by atomic mass is 32.2. The normalized spacial score (nSPS) is 12.1. The summed E-state index contributed by atoms with van der Waals surface area (Å²) < 4.78 is 13.0. The number of nitrogens with zero attached hydrogens (tertiary/aromatic N) is 4. The molecule has 9 heteroatoms. The first-order chi connectivity index (χ1) is 14.9. The number of aryl methyl sites for hydroxylation is 2. The monoisotopic (exact) mass is 443 g/mol. The average molecular weight is 444 g/mol. The SMILES string of the molecule is CCOc1ccc(C(C)NC(=O)Cc2c(C)nc3nc(SC)nn3c2C)cc1OCC. The predicted octanol–water partition coefficient (Wildman–Crippen LogP) is 3.68. The lowest BCUT2D eigenvalue weighted by Gasteiger charge is -2.18. The van der Waals surface area contributed by atoms with E-state index in [1.807, 2.05) is 59.1 Å². The van der Waals surface area contributed by atoms with Crippen molar-refractivity contribution in [2.24, 2.45) is 0 Å². The number of nitrogens with one attached hydrogen (secondary N) is 1. The van der Waals surface area contributed by atoms with E-state index in [1.165, 1.54) is 11.8 Å². The maximum Gasteiger partial charge on any atom is 0.253 e. The summed E-state index contributed by atoms with van der Waals surface area (Å²) >= 11 is 1.46. The van der Waals surface area contributed by atoms with Crippen LogP contribution in [-0.2, 0) is 11.2 Å². The second-order valence-corrected chi connectivity index (χ2v) is 7.88. The number of hydrogen-bond acceptors (Lipinski definition) is 7. The third kappa shape index (κ3) is 5.10. The fourth-order valence-electron chi connectivity index (χ4n) is 3.41. The van der Waals surface area contributed by atoms with Crippen LogP contribution in [0.4, 0.5) is 0 Å². The first-order valence-electron chi connectivity index (χ1n) is 10.3. The Labute approximate surface area is 186 Å². The number of rotatable bonds is 9. The molecule has 0 saturated heterocycles. The number of fused-ring (bicyclic) bond motifs is 1. The van der Waals surface area contributed by atoms with Gasteiger partial charge >= 0.3 is 0 Å². The van der Waals surface area contributed by atoms with E-state index in [0.29, 0.717) is 35.6 Å². The first kappa shape index (κ1) is 22.9. The van der Waals surface area contributed by atoms with Gasteiger partial charge in [-0.2, -0.15) is 4.98 Å². The molecule has 3 aromatic rings. The summed E-state index contributed by atoms with van der Waals surface area (Å²) in [6.07, 6.45) is 2.14. The van der Waals surface area contributed by atoms with Crippen molar-refractivity contribution in [2.75, 3.05) is 19.5 Å². The lowest BCUT2D eigenvalue weighted by molar-refractivity contribution is -0.121. The number of amides is 1. The second kappa shape index (κ2) is 10.00.